The van der Waals surface area contributed by atoms with Gasteiger partial charge in [-0.3, -0.25) is 4.90 Å². The van der Waals surface area contributed by atoms with Crippen molar-refractivity contribution in [2.45, 2.75) is 56.3 Å². The van der Waals surface area contributed by atoms with Gasteiger partial charge in [-0.05, 0) is 74.8 Å². The van der Waals surface area contributed by atoms with E-state index >= 15 is 0 Å². The van der Waals surface area contributed by atoms with Crippen LogP contribution in [-0.2, 0) is 14.8 Å². The molecule has 0 aromatic heterocycles. The number of hydrogen-bond acceptors (Lipinski definition) is 5. The Morgan fingerprint density at radius 2 is 1.74 bits per heavy atom. The largest absolute Gasteiger partial charge is 0.573 e. The number of nitrogens with zero attached hydrogens (tertiary/aromatic N) is 2. The van der Waals surface area contributed by atoms with Crippen molar-refractivity contribution >= 4 is 10.0 Å². The highest BCUT2D eigenvalue weighted by molar-refractivity contribution is 7.89. The summed E-state index contributed by atoms with van der Waals surface area (Å²) in [5.41, 5.74) is 0.401. The maximum absolute atomic E-state index is 13.2. The molecule has 0 bridgehead atoms. The third kappa shape index (κ3) is 5.02. The summed E-state index contributed by atoms with van der Waals surface area (Å²) in [6, 6.07) is 3.95. The molecule has 1 aromatic rings. The van der Waals surface area contributed by atoms with E-state index in [1.165, 1.54) is 17.3 Å². The molecule has 4 rings (SSSR count). The van der Waals surface area contributed by atoms with Crippen molar-refractivity contribution in [1.29, 1.82) is 0 Å². The van der Waals surface area contributed by atoms with Crippen LogP contribution in [0.2, 0.25) is 0 Å². The van der Waals surface area contributed by atoms with Crippen molar-refractivity contribution in [2.75, 3.05) is 39.4 Å². The lowest BCUT2D eigenvalue weighted by atomic mass is 9.78. The number of piperidine rings is 1. The van der Waals surface area contributed by atoms with Crippen LogP contribution in [0.4, 0.5) is 13.2 Å². The molecule has 6 nitrogen and oxygen atoms in total. The summed E-state index contributed by atoms with van der Waals surface area (Å²) >= 11 is 0. The molecule has 1 spiro atoms. The SMILES string of the molecule is Cc1cc(OC(F)(F)F)ccc1S(=O)(=O)N1CCC2(CCN(C3CCOCC3)C2)CC1. The zero-order chi connectivity index (χ0) is 22.3. The smallest absolute Gasteiger partial charge is 0.406 e. The van der Waals surface area contributed by atoms with E-state index in [4.69, 9.17) is 4.74 Å². The van der Waals surface area contributed by atoms with Gasteiger partial charge >= 0.3 is 6.36 Å². The second kappa shape index (κ2) is 8.53. The highest BCUT2D eigenvalue weighted by Crippen LogP contribution is 2.43. The van der Waals surface area contributed by atoms with Crippen molar-refractivity contribution in [2.24, 2.45) is 5.41 Å². The lowest BCUT2D eigenvalue weighted by Crippen LogP contribution is -2.45. The van der Waals surface area contributed by atoms with Crippen molar-refractivity contribution < 1.29 is 31.1 Å². The molecular weight excluding hydrogens is 433 g/mol. The van der Waals surface area contributed by atoms with Crippen molar-refractivity contribution in [3.63, 3.8) is 0 Å². The van der Waals surface area contributed by atoms with E-state index in [0.717, 1.165) is 70.5 Å². The van der Waals surface area contributed by atoms with Gasteiger partial charge < -0.3 is 9.47 Å². The summed E-state index contributed by atoms with van der Waals surface area (Å²) in [6.07, 6.45) is 0.00291. The molecular formula is C21H29F3N2O4S. The first-order valence-electron chi connectivity index (χ1n) is 10.8. The van der Waals surface area contributed by atoms with Crippen LogP contribution in [0.3, 0.4) is 0 Å². The minimum absolute atomic E-state index is 0.0354. The molecule has 10 heteroatoms. The molecule has 0 aliphatic carbocycles. The molecule has 0 atom stereocenters. The number of likely N-dealkylation sites (tertiary alicyclic amines) is 1. The Morgan fingerprint density at radius 3 is 2.35 bits per heavy atom. The minimum Gasteiger partial charge on any atom is -0.406 e. The quantitative estimate of drug-likeness (QED) is 0.685. The standard InChI is InChI=1S/C21H29F3N2O4S/c1-16-14-18(30-21(22,23)24)2-3-19(16)31(27,28)26-10-7-20(8-11-26)6-9-25(15-20)17-4-12-29-13-5-17/h2-3,14,17H,4-13,15H2,1H3. The molecule has 3 aliphatic rings. The highest BCUT2D eigenvalue weighted by atomic mass is 32.2. The van der Waals surface area contributed by atoms with Gasteiger partial charge in [0, 0.05) is 38.9 Å². The van der Waals surface area contributed by atoms with Gasteiger partial charge in [-0.15, -0.1) is 13.2 Å². The lowest BCUT2D eigenvalue weighted by molar-refractivity contribution is -0.274. The molecule has 0 amide bonds. The van der Waals surface area contributed by atoms with Gasteiger partial charge in [-0.25, -0.2) is 8.42 Å². The number of hydrogen-bond donors (Lipinski definition) is 0. The second-order valence-corrected chi connectivity index (χ2v) is 10.8. The Morgan fingerprint density at radius 1 is 1.10 bits per heavy atom. The first-order chi connectivity index (χ1) is 14.6. The maximum atomic E-state index is 13.2. The average molecular weight is 463 g/mol. The molecule has 3 heterocycles. The Labute approximate surface area is 181 Å². The second-order valence-electron chi connectivity index (χ2n) is 8.94. The normalized spacial score (nSPS) is 24.0. The van der Waals surface area contributed by atoms with E-state index in [0.29, 0.717) is 19.1 Å². The van der Waals surface area contributed by atoms with E-state index in [2.05, 4.69) is 9.64 Å². The Kier molecular flexibility index (Phi) is 6.28. The maximum Gasteiger partial charge on any atom is 0.573 e. The third-order valence-corrected chi connectivity index (χ3v) is 9.01. The van der Waals surface area contributed by atoms with Gasteiger partial charge in [0.1, 0.15) is 5.75 Å². The summed E-state index contributed by atoms with van der Waals surface area (Å²) < 4.78 is 74.4. The summed E-state index contributed by atoms with van der Waals surface area (Å²) in [6.45, 7) is 6.04. The molecule has 3 aliphatic heterocycles. The Bertz CT molecular complexity index is 892. The van der Waals surface area contributed by atoms with Crippen LogP contribution in [-0.4, -0.2) is 69.4 Å². The zero-order valence-electron chi connectivity index (χ0n) is 17.7. The first-order valence-corrected chi connectivity index (χ1v) is 12.2. The molecule has 0 N–H and O–H groups in total. The summed E-state index contributed by atoms with van der Waals surface area (Å²) in [7, 11) is -3.77. The van der Waals surface area contributed by atoms with Gasteiger partial charge in [0.2, 0.25) is 10.0 Å². The number of rotatable bonds is 4. The number of ether oxygens (including phenoxy) is 2. The monoisotopic (exact) mass is 462 g/mol. The van der Waals surface area contributed by atoms with Crippen LogP contribution < -0.4 is 4.74 Å². The van der Waals surface area contributed by atoms with Crippen LogP contribution >= 0.6 is 0 Å². The average Bonchev–Trinajstić information content (AvgIpc) is 3.11. The summed E-state index contributed by atoms with van der Waals surface area (Å²) in [5.74, 6) is -0.416. The van der Waals surface area contributed by atoms with Crippen molar-refractivity contribution in [3.05, 3.63) is 23.8 Å². The fraction of sp³-hybridized carbons (Fsp3) is 0.714. The predicted molar refractivity (Wildman–Crippen MR) is 108 cm³/mol. The van der Waals surface area contributed by atoms with E-state index in [9.17, 15) is 21.6 Å². The summed E-state index contributed by atoms with van der Waals surface area (Å²) in [4.78, 5) is 2.59. The van der Waals surface area contributed by atoms with Crippen molar-refractivity contribution in [1.82, 2.24) is 9.21 Å². The van der Waals surface area contributed by atoms with Gasteiger partial charge in [-0.1, -0.05) is 0 Å². The van der Waals surface area contributed by atoms with Gasteiger partial charge in [0.25, 0.3) is 0 Å². The fourth-order valence-corrected chi connectivity index (χ4v) is 6.84. The van der Waals surface area contributed by atoms with E-state index in [1.807, 2.05) is 0 Å². The van der Waals surface area contributed by atoms with Crippen LogP contribution in [0.1, 0.15) is 37.7 Å². The van der Waals surface area contributed by atoms with Crippen molar-refractivity contribution in [3.8, 4) is 5.75 Å². The molecule has 3 fully saturated rings. The van der Waals surface area contributed by atoms with Crippen LogP contribution in [0.5, 0.6) is 5.75 Å². The topological polar surface area (TPSA) is 59.1 Å². The van der Waals surface area contributed by atoms with Crippen LogP contribution in [0.25, 0.3) is 0 Å². The first kappa shape index (κ1) is 22.8. The number of halogens is 3. The molecule has 3 saturated heterocycles. The van der Waals surface area contributed by atoms with E-state index < -0.39 is 22.1 Å². The van der Waals surface area contributed by atoms with Crippen LogP contribution in [0.15, 0.2) is 23.1 Å². The van der Waals surface area contributed by atoms with E-state index in [1.54, 1.807) is 0 Å². The number of aryl methyl sites for hydroxylation is 1. The third-order valence-electron chi connectivity index (χ3n) is 6.96. The molecule has 0 radical (unpaired) electrons. The highest BCUT2D eigenvalue weighted by Gasteiger charge is 2.44. The number of alkyl halides is 3. The van der Waals surface area contributed by atoms with Gasteiger partial charge in [-0.2, -0.15) is 4.31 Å². The number of benzene rings is 1. The molecule has 174 valence electrons. The Balaban J connectivity index is 1.40. The van der Waals surface area contributed by atoms with E-state index in [-0.39, 0.29) is 15.9 Å². The van der Waals surface area contributed by atoms with Gasteiger partial charge in [0.05, 0.1) is 4.90 Å². The molecule has 31 heavy (non-hydrogen) atoms. The molecule has 0 saturated carbocycles. The molecule has 1 aromatic carbocycles. The minimum atomic E-state index is -4.81. The predicted octanol–water partition coefficient (Wildman–Crippen LogP) is 3.55. The molecule has 0 unspecified atom stereocenters. The lowest BCUT2D eigenvalue weighted by Gasteiger charge is -2.40. The van der Waals surface area contributed by atoms with Gasteiger partial charge in [0.15, 0.2) is 0 Å². The fourth-order valence-electron chi connectivity index (χ4n) is 5.19. The number of sulfonamides is 1. The zero-order valence-corrected chi connectivity index (χ0v) is 18.5. The Hall–Kier alpha value is -1.36. The summed E-state index contributed by atoms with van der Waals surface area (Å²) in [5, 5.41) is 0. The van der Waals surface area contributed by atoms with Crippen LogP contribution in [0, 0.1) is 12.3 Å².